The first-order chi connectivity index (χ1) is 20.4. The van der Waals surface area contributed by atoms with E-state index in [9.17, 15) is 0 Å². The number of H-pyrrole nitrogens is 2. The van der Waals surface area contributed by atoms with E-state index in [1.165, 1.54) is 0 Å². The SMILES string of the molecule is C=C/C(=C\C(=C/C)C(=C)/C(F)=c1/c(-c2nc3c(-c4cccnc4)cccc3[nH]2)n[nH]/c1=C/C)NC(=C)c1ccccc1. The van der Waals surface area contributed by atoms with Crippen LogP contribution in [-0.4, -0.2) is 25.1 Å². The maximum atomic E-state index is 16.4. The van der Waals surface area contributed by atoms with Crippen molar-refractivity contribution < 1.29 is 4.39 Å². The number of fused-ring (bicyclic) bond motifs is 1. The molecule has 42 heavy (non-hydrogen) atoms. The van der Waals surface area contributed by atoms with Crippen molar-refractivity contribution in [1.82, 2.24) is 30.5 Å². The molecule has 0 radical (unpaired) electrons. The van der Waals surface area contributed by atoms with E-state index in [2.05, 4.69) is 45.2 Å². The van der Waals surface area contributed by atoms with E-state index < -0.39 is 5.83 Å². The number of hydrogen-bond donors (Lipinski definition) is 3. The zero-order valence-electron chi connectivity index (χ0n) is 23.6. The van der Waals surface area contributed by atoms with Crippen molar-refractivity contribution in [2.45, 2.75) is 13.8 Å². The van der Waals surface area contributed by atoms with Crippen molar-refractivity contribution in [3.63, 3.8) is 0 Å². The highest BCUT2D eigenvalue weighted by Crippen LogP contribution is 2.29. The van der Waals surface area contributed by atoms with Gasteiger partial charge in [-0.25, -0.2) is 9.37 Å². The van der Waals surface area contributed by atoms with Crippen LogP contribution >= 0.6 is 0 Å². The molecule has 0 unspecified atom stereocenters. The molecule has 0 bridgehead atoms. The van der Waals surface area contributed by atoms with Gasteiger partial charge in [-0.05, 0) is 49.3 Å². The van der Waals surface area contributed by atoms with Crippen molar-refractivity contribution in [2.24, 2.45) is 0 Å². The molecule has 0 amide bonds. The van der Waals surface area contributed by atoms with Crippen LogP contribution in [0.1, 0.15) is 19.4 Å². The number of para-hydroxylation sites is 1. The molecule has 3 heterocycles. The van der Waals surface area contributed by atoms with E-state index in [0.717, 1.165) is 27.7 Å². The number of nitrogens with zero attached hydrogens (tertiary/aromatic N) is 3. The van der Waals surface area contributed by atoms with Crippen LogP contribution in [0.25, 0.3) is 51.3 Å². The van der Waals surface area contributed by atoms with Crippen LogP contribution in [0.5, 0.6) is 0 Å². The maximum Gasteiger partial charge on any atom is 0.159 e. The minimum Gasteiger partial charge on any atom is -0.356 e. The van der Waals surface area contributed by atoms with E-state index >= 15 is 4.39 Å². The third-order valence-corrected chi connectivity index (χ3v) is 6.88. The summed E-state index contributed by atoms with van der Waals surface area (Å²) in [5.41, 5.74) is 6.81. The van der Waals surface area contributed by atoms with Crippen LogP contribution in [0.3, 0.4) is 0 Å². The largest absolute Gasteiger partial charge is 0.356 e. The predicted octanol–water partition coefficient (Wildman–Crippen LogP) is 6.73. The average molecular weight is 555 g/mol. The quantitative estimate of drug-likeness (QED) is 0.177. The summed E-state index contributed by atoms with van der Waals surface area (Å²) in [6, 6.07) is 19.5. The van der Waals surface area contributed by atoms with Gasteiger partial charge in [0.25, 0.3) is 0 Å². The van der Waals surface area contributed by atoms with E-state index in [-0.39, 0.29) is 10.8 Å². The molecule has 0 aliphatic heterocycles. The second-order valence-electron chi connectivity index (χ2n) is 9.49. The molecule has 0 aliphatic rings. The third-order valence-electron chi connectivity index (χ3n) is 6.88. The van der Waals surface area contributed by atoms with Gasteiger partial charge in [-0.3, -0.25) is 10.1 Å². The summed E-state index contributed by atoms with van der Waals surface area (Å²) in [6.45, 7) is 15.8. The standard InChI is InChI=1S/C35H31FN6/c1-6-24(20-27(7-2)38-23(5)25-14-10-9-11-15-25)22(4)32(36)31-29(8-3)41-42-34(31)35-39-30-18-12-17-28(33(30)40-35)26-16-13-19-37-21-26/h6-21,38,41H,2,4-5H2,1,3H3,(H,39,40)/b24-6+,27-20+,29-8+,32-31-. The van der Waals surface area contributed by atoms with Gasteiger partial charge in [0.2, 0.25) is 0 Å². The monoisotopic (exact) mass is 554 g/mol. The Morgan fingerprint density at radius 3 is 2.50 bits per heavy atom. The Morgan fingerprint density at radius 1 is 1.00 bits per heavy atom. The fourth-order valence-electron chi connectivity index (χ4n) is 4.68. The number of aromatic amines is 2. The normalized spacial score (nSPS) is 13.3. The lowest BCUT2D eigenvalue weighted by Gasteiger charge is -2.12. The number of benzene rings is 2. The summed E-state index contributed by atoms with van der Waals surface area (Å²) in [4.78, 5) is 12.4. The number of pyridine rings is 1. The maximum absolute atomic E-state index is 16.4. The summed E-state index contributed by atoms with van der Waals surface area (Å²) in [5, 5.41) is 11.5. The first kappa shape index (κ1) is 28.0. The Bertz CT molecular complexity index is 1980. The van der Waals surface area contributed by atoms with Crippen LogP contribution in [0, 0.1) is 0 Å². The van der Waals surface area contributed by atoms with Gasteiger partial charge in [0.05, 0.1) is 21.6 Å². The molecule has 0 fully saturated rings. The Hall–Kier alpha value is -5.56. The van der Waals surface area contributed by atoms with Crippen LogP contribution in [0.4, 0.5) is 4.39 Å². The lowest BCUT2D eigenvalue weighted by molar-refractivity contribution is 0.751. The van der Waals surface area contributed by atoms with E-state index in [1.54, 1.807) is 36.7 Å². The van der Waals surface area contributed by atoms with Gasteiger partial charge < -0.3 is 10.3 Å². The predicted molar refractivity (Wildman–Crippen MR) is 171 cm³/mol. The molecule has 3 N–H and O–H groups in total. The third kappa shape index (κ3) is 5.53. The molecule has 5 aromatic rings. The van der Waals surface area contributed by atoms with Gasteiger partial charge >= 0.3 is 0 Å². The summed E-state index contributed by atoms with van der Waals surface area (Å²) in [6.07, 6.45) is 10.5. The van der Waals surface area contributed by atoms with Gasteiger partial charge in [0.15, 0.2) is 5.82 Å². The van der Waals surface area contributed by atoms with Gasteiger partial charge in [0.1, 0.15) is 11.5 Å². The minimum absolute atomic E-state index is 0.196. The molecular weight excluding hydrogens is 523 g/mol. The van der Waals surface area contributed by atoms with E-state index in [4.69, 9.17) is 4.98 Å². The fourth-order valence-corrected chi connectivity index (χ4v) is 4.68. The summed E-state index contributed by atoms with van der Waals surface area (Å²) < 4.78 is 16.4. The van der Waals surface area contributed by atoms with Crippen LogP contribution in [0.15, 0.2) is 128 Å². The molecule has 0 saturated heterocycles. The van der Waals surface area contributed by atoms with Crippen molar-refractivity contribution in [1.29, 1.82) is 0 Å². The Balaban J connectivity index is 1.56. The molecule has 0 spiro atoms. The van der Waals surface area contributed by atoms with Crippen LogP contribution < -0.4 is 15.9 Å². The first-order valence-electron chi connectivity index (χ1n) is 13.5. The number of halogens is 1. The number of aromatic nitrogens is 5. The van der Waals surface area contributed by atoms with Crippen LogP contribution in [-0.2, 0) is 0 Å². The Morgan fingerprint density at radius 2 is 1.81 bits per heavy atom. The van der Waals surface area contributed by atoms with Gasteiger partial charge in [-0.1, -0.05) is 80.4 Å². The molecule has 5 rings (SSSR count). The van der Waals surface area contributed by atoms with Crippen molar-refractivity contribution in [3.8, 4) is 22.6 Å². The fraction of sp³-hybridized carbons (Fsp3) is 0.0571. The topological polar surface area (TPSA) is 82.3 Å². The second kappa shape index (κ2) is 12.3. The number of nitrogens with one attached hydrogen (secondary N) is 3. The highest BCUT2D eigenvalue weighted by Gasteiger charge is 2.18. The van der Waals surface area contributed by atoms with Gasteiger partial charge in [-0.2, -0.15) is 5.10 Å². The van der Waals surface area contributed by atoms with Gasteiger partial charge in [0, 0.05) is 40.5 Å². The van der Waals surface area contributed by atoms with Crippen molar-refractivity contribution in [2.75, 3.05) is 0 Å². The smallest absolute Gasteiger partial charge is 0.159 e. The number of hydrogen-bond acceptors (Lipinski definition) is 4. The highest BCUT2D eigenvalue weighted by atomic mass is 19.1. The minimum atomic E-state index is -0.519. The highest BCUT2D eigenvalue weighted by molar-refractivity contribution is 5.93. The molecule has 3 aromatic heterocycles. The summed E-state index contributed by atoms with van der Waals surface area (Å²) in [7, 11) is 0. The summed E-state index contributed by atoms with van der Waals surface area (Å²) in [5.74, 6) is -0.0803. The number of allylic oxidation sites excluding steroid dienone is 5. The molecule has 6 nitrogen and oxygen atoms in total. The Kier molecular flexibility index (Phi) is 8.20. The first-order valence-corrected chi connectivity index (χ1v) is 13.5. The average Bonchev–Trinajstić information content (AvgIpc) is 3.67. The van der Waals surface area contributed by atoms with Crippen LogP contribution in [0.2, 0.25) is 0 Å². The number of imidazole rings is 1. The van der Waals surface area contributed by atoms with Crippen molar-refractivity contribution in [3.05, 3.63) is 144 Å². The molecule has 2 aromatic carbocycles. The van der Waals surface area contributed by atoms with E-state index in [1.807, 2.05) is 74.5 Å². The lowest BCUT2D eigenvalue weighted by atomic mass is 10.0. The second-order valence-corrected chi connectivity index (χ2v) is 9.49. The zero-order valence-corrected chi connectivity index (χ0v) is 23.6. The molecule has 0 aliphatic carbocycles. The molecule has 208 valence electrons. The Labute approximate surface area is 243 Å². The number of rotatable bonds is 9. The lowest BCUT2D eigenvalue weighted by Crippen LogP contribution is -2.26. The molecule has 0 saturated carbocycles. The zero-order chi connectivity index (χ0) is 29.6. The molecule has 7 heteroatoms. The van der Waals surface area contributed by atoms with E-state index in [0.29, 0.717) is 33.8 Å². The molecule has 0 atom stereocenters. The summed E-state index contributed by atoms with van der Waals surface area (Å²) >= 11 is 0. The van der Waals surface area contributed by atoms with Crippen molar-refractivity contribution >= 4 is 28.6 Å². The molecular formula is C35H31FN6. The van der Waals surface area contributed by atoms with Gasteiger partial charge in [-0.15, -0.1) is 0 Å².